The van der Waals surface area contributed by atoms with Gasteiger partial charge in [0.15, 0.2) is 5.66 Å². The van der Waals surface area contributed by atoms with Crippen LogP contribution in [0.2, 0.25) is 0 Å². The Hall–Kier alpha value is -0.870. The highest BCUT2D eigenvalue weighted by molar-refractivity contribution is 7.54. The fourth-order valence-corrected chi connectivity index (χ4v) is 5.56. The van der Waals surface area contributed by atoms with Crippen LogP contribution in [-0.2, 0) is 13.6 Å². The van der Waals surface area contributed by atoms with Crippen LogP contribution in [0.15, 0.2) is 28.7 Å². The molecule has 0 saturated carbocycles. The monoisotopic (exact) mass is 328 g/mol. The van der Waals surface area contributed by atoms with Gasteiger partial charge < -0.3 is 13.5 Å². The molecule has 2 heterocycles. The molecule has 0 saturated heterocycles. The van der Waals surface area contributed by atoms with Gasteiger partial charge in [-0.1, -0.05) is 0 Å². The maximum absolute atomic E-state index is 13.2. The van der Waals surface area contributed by atoms with Crippen molar-refractivity contribution in [1.82, 2.24) is 0 Å². The van der Waals surface area contributed by atoms with E-state index in [2.05, 4.69) is 0 Å². The first-order valence-corrected chi connectivity index (χ1v) is 9.44. The molecule has 0 N–H and O–H groups in total. The lowest BCUT2D eigenvalue weighted by Gasteiger charge is -2.24. The quantitative estimate of drug-likeness (QED) is 0.646. The lowest BCUT2D eigenvalue weighted by atomic mass is 10.3. The van der Waals surface area contributed by atoms with Gasteiger partial charge in [-0.05, 0) is 52.0 Å². The molecule has 1 atom stereocenters. The molecule has 0 amide bonds. The van der Waals surface area contributed by atoms with E-state index in [4.69, 9.17) is 13.5 Å². The van der Waals surface area contributed by atoms with Gasteiger partial charge in [0.1, 0.15) is 11.5 Å². The molecule has 116 valence electrons. The van der Waals surface area contributed by atoms with E-state index in [0.717, 1.165) is 15.5 Å². The molecule has 4 nitrogen and oxygen atoms in total. The molecule has 0 aliphatic heterocycles. The summed E-state index contributed by atoms with van der Waals surface area (Å²) < 4.78 is 30.0. The first-order valence-electron chi connectivity index (χ1n) is 7.01. The fraction of sp³-hybridized carbons (Fsp3) is 0.467. The smallest absolute Gasteiger partial charge is 0.346 e. The molecule has 0 radical (unpaired) electrons. The Bertz CT molecular complexity index is 581. The lowest BCUT2D eigenvalue weighted by Crippen LogP contribution is -2.06. The zero-order valence-electron chi connectivity index (χ0n) is 12.8. The summed E-state index contributed by atoms with van der Waals surface area (Å²) in [6.45, 7) is 8.18. The van der Waals surface area contributed by atoms with Crippen LogP contribution in [0.4, 0.5) is 0 Å². The molecule has 0 aromatic carbocycles. The Morgan fingerprint density at radius 2 is 1.81 bits per heavy atom. The first kappa shape index (κ1) is 16.5. The second-order valence-electron chi connectivity index (χ2n) is 4.67. The van der Waals surface area contributed by atoms with Gasteiger partial charge in [0.05, 0.1) is 13.2 Å². The van der Waals surface area contributed by atoms with Crippen molar-refractivity contribution in [2.45, 2.75) is 33.4 Å². The minimum Gasteiger partial charge on any atom is -0.465 e. The molecule has 1 unspecified atom stereocenters. The molecule has 0 aliphatic rings. The van der Waals surface area contributed by atoms with Gasteiger partial charge in [0.2, 0.25) is 0 Å². The molecule has 6 heteroatoms. The van der Waals surface area contributed by atoms with Crippen LogP contribution in [0.1, 0.15) is 40.8 Å². The van der Waals surface area contributed by atoms with E-state index in [1.807, 2.05) is 52.0 Å². The highest BCUT2D eigenvalue weighted by Gasteiger charge is 2.41. The third-order valence-corrected chi connectivity index (χ3v) is 6.64. The second kappa shape index (κ2) is 6.93. The van der Waals surface area contributed by atoms with Gasteiger partial charge in [0, 0.05) is 9.75 Å². The van der Waals surface area contributed by atoms with Crippen molar-refractivity contribution in [2.24, 2.45) is 0 Å². The van der Waals surface area contributed by atoms with Crippen molar-refractivity contribution in [3.8, 4) is 0 Å². The molecule has 2 aromatic heterocycles. The number of hydrogen-bond donors (Lipinski definition) is 0. The Labute approximate surface area is 129 Å². The van der Waals surface area contributed by atoms with E-state index in [0.29, 0.717) is 19.0 Å². The third kappa shape index (κ3) is 3.67. The van der Waals surface area contributed by atoms with Gasteiger partial charge in [-0.25, -0.2) is 0 Å². The Morgan fingerprint density at radius 3 is 2.24 bits per heavy atom. The van der Waals surface area contributed by atoms with Crippen molar-refractivity contribution < 1.29 is 18.0 Å². The summed E-state index contributed by atoms with van der Waals surface area (Å²) in [6, 6.07) is 7.68. The summed E-state index contributed by atoms with van der Waals surface area (Å²) in [4.78, 5) is 2.09. The third-order valence-electron chi connectivity index (χ3n) is 3.00. The molecule has 0 spiro atoms. The van der Waals surface area contributed by atoms with Crippen LogP contribution in [0.3, 0.4) is 0 Å². The average molecular weight is 328 g/mol. The van der Waals surface area contributed by atoms with Crippen molar-refractivity contribution >= 4 is 18.9 Å². The zero-order valence-corrected chi connectivity index (χ0v) is 14.5. The lowest BCUT2D eigenvalue weighted by molar-refractivity contribution is 0.213. The van der Waals surface area contributed by atoms with Crippen LogP contribution in [0.5, 0.6) is 0 Å². The van der Waals surface area contributed by atoms with E-state index >= 15 is 0 Å². The minimum absolute atomic E-state index is 0.331. The molecule has 0 bridgehead atoms. The Morgan fingerprint density at radius 1 is 1.14 bits per heavy atom. The second-order valence-corrected chi connectivity index (χ2v) is 8.11. The summed E-state index contributed by atoms with van der Waals surface area (Å²) in [6.07, 6.45) is 0. The van der Waals surface area contributed by atoms with E-state index in [-0.39, 0.29) is 0 Å². The first-order chi connectivity index (χ1) is 10.00. The minimum atomic E-state index is -3.33. The SMILES string of the molecule is CCOP(=O)(OCC)C(c1ccc(C)o1)c1ccc(C)s1. The molecule has 0 fully saturated rings. The molecule has 21 heavy (non-hydrogen) atoms. The van der Waals surface area contributed by atoms with E-state index < -0.39 is 13.3 Å². The molecule has 2 rings (SSSR count). The van der Waals surface area contributed by atoms with Gasteiger partial charge in [-0.15, -0.1) is 11.3 Å². The predicted octanol–water partition coefficient (Wildman–Crippen LogP) is 5.31. The van der Waals surface area contributed by atoms with Crippen molar-refractivity contribution in [3.05, 3.63) is 45.5 Å². The number of rotatable bonds is 7. The van der Waals surface area contributed by atoms with Crippen LogP contribution in [0.25, 0.3) is 0 Å². The van der Waals surface area contributed by atoms with E-state index in [1.54, 1.807) is 11.3 Å². The van der Waals surface area contributed by atoms with Gasteiger partial charge in [0.25, 0.3) is 0 Å². The predicted molar refractivity (Wildman–Crippen MR) is 85.2 cm³/mol. The maximum atomic E-state index is 13.2. The van der Waals surface area contributed by atoms with E-state index in [9.17, 15) is 4.57 Å². The van der Waals surface area contributed by atoms with E-state index in [1.165, 1.54) is 0 Å². The highest BCUT2D eigenvalue weighted by Crippen LogP contribution is 2.64. The van der Waals surface area contributed by atoms with Gasteiger partial charge in [-0.2, -0.15) is 0 Å². The Balaban J connectivity index is 2.51. The topological polar surface area (TPSA) is 48.7 Å². The van der Waals surface area contributed by atoms with Crippen LogP contribution in [-0.4, -0.2) is 13.2 Å². The summed E-state index contributed by atoms with van der Waals surface area (Å²) in [7, 11) is -3.33. The highest BCUT2D eigenvalue weighted by atomic mass is 32.1. The zero-order chi connectivity index (χ0) is 15.5. The fourth-order valence-electron chi connectivity index (χ4n) is 2.20. The summed E-state index contributed by atoms with van der Waals surface area (Å²) in [5.74, 6) is 1.41. The van der Waals surface area contributed by atoms with Crippen LogP contribution in [0, 0.1) is 13.8 Å². The number of hydrogen-bond acceptors (Lipinski definition) is 5. The summed E-state index contributed by atoms with van der Waals surface area (Å²) in [5.41, 5.74) is -0.509. The Kier molecular flexibility index (Phi) is 5.44. The average Bonchev–Trinajstić information content (AvgIpc) is 3.00. The largest absolute Gasteiger partial charge is 0.465 e. The summed E-state index contributed by atoms with van der Waals surface area (Å²) in [5, 5.41) is 0. The molecule has 2 aromatic rings. The molecular formula is C15H21O4PS. The normalized spacial score (nSPS) is 13.5. The van der Waals surface area contributed by atoms with Crippen molar-refractivity contribution in [2.75, 3.05) is 13.2 Å². The van der Waals surface area contributed by atoms with Crippen LogP contribution >= 0.6 is 18.9 Å². The number of aryl methyl sites for hydroxylation is 2. The summed E-state index contributed by atoms with van der Waals surface area (Å²) >= 11 is 1.59. The van der Waals surface area contributed by atoms with Gasteiger partial charge >= 0.3 is 7.60 Å². The maximum Gasteiger partial charge on any atom is 0.346 e. The van der Waals surface area contributed by atoms with Gasteiger partial charge in [-0.3, -0.25) is 4.57 Å². The number of thiophene rings is 1. The standard InChI is InChI=1S/C15H21O4PS/c1-5-17-20(16,18-6-2)15(13-9-7-11(3)19-13)14-10-8-12(4)21-14/h7-10,15H,5-6H2,1-4H3. The van der Waals surface area contributed by atoms with Crippen LogP contribution < -0.4 is 0 Å². The molecular weight excluding hydrogens is 307 g/mol. The number of furan rings is 1. The van der Waals surface area contributed by atoms with Crippen molar-refractivity contribution in [3.63, 3.8) is 0 Å². The van der Waals surface area contributed by atoms with Crippen molar-refractivity contribution in [1.29, 1.82) is 0 Å². The molecule has 0 aliphatic carbocycles.